The van der Waals surface area contributed by atoms with Gasteiger partial charge in [-0.1, -0.05) is 40.2 Å². The fraction of sp³-hybridized carbons (Fsp3) is 0.167. The maximum absolute atomic E-state index is 12.3. The van der Waals surface area contributed by atoms with Crippen LogP contribution in [0.15, 0.2) is 63.2 Å². The van der Waals surface area contributed by atoms with E-state index in [0.717, 1.165) is 16.1 Å². The number of benzene rings is 2. The molecule has 0 atom stereocenters. The SMILES string of the molecule is Cn1c(O)c(N=NC(=O)CN(c2cccc(Br)c2)S(C)(=O)=O)c2ccccc21. The van der Waals surface area contributed by atoms with Crippen LogP contribution in [-0.2, 0) is 21.9 Å². The number of carbonyl (C=O) groups is 1. The number of aromatic hydroxyl groups is 1. The normalized spacial score (nSPS) is 12.0. The van der Waals surface area contributed by atoms with Gasteiger partial charge < -0.3 is 9.67 Å². The van der Waals surface area contributed by atoms with Crippen molar-refractivity contribution in [3.8, 4) is 5.88 Å². The van der Waals surface area contributed by atoms with Crippen LogP contribution in [0.3, 0.4) is 0 Å². The summed E-state index contributed by atoms with van der Waals surface area (Å²) in [6, 6.07) is 13.7. The number of para-hydroxylation sites is 1. The number of nitrogens with zero attached hydrogens (tertiary/aromatic N) is 4. The second-order valence-electron chi connectivity index (χ2n) is 6.09. The van der Waals surface area contributed by atoms with E-state index >= 15 is 0 Å². The molecule has 1 amide bonds. The highest BCUT2D eigenvalue weighted by Gasteiger charge is 2.21. The molecule has 3 aromatic rings. The second-order valence-corrected chi connectivity index (χ2v) is 8.91. The summed E-state index contributed by atoms with van der Waals surface area (Å²) >= 11 is 3.28. The molecule has 0 bridgehead atoms. The molecule has 10 heteroatoms. The van der Waals surface area contributed by atoms with Crippen molar-refractivity contribution < 1.29 is 18.3 Å². The van der Waals surface area contributed by atoms with E-state index in [2.05, 4.69) is 26.2 Å². The molecule has 3 rings (SSSR count). The predicted octanol–water partition coefficient (Wildman–Crippen LogP) is 3.72. The molecule has 0 radical (unpaired) electrons. The number of anilines is 1. The first-order chi connectivity index (χ1) is 13.2. The van der Waals surface area contributed by atoms with E-state index in [-0.39, 0.29) is 11.6 Å². The third-order valence-electron chi connectivity index (χ3n) is 4.09. The van der Waals surface area contributed by atoms with Gasteiger partial charge in [0.05, 0.1) is 17.5 Å². The molecule has 0 aliphatic heterocycles. The lowest BCUT2D eigenvalue weighted by Crippen LogP contribution is -2.34. The van der Waals surface area contributed by atoms with Gasteiger partial charge >= 0.3 is 0 Å². The highest BCUT2D eigenvalue weighted by molar-refractivity contribution is 9.10. The van der Waals surface area contributed by atoms with Crippen LogP contribution in [0.1, 0.15) is 0 Å². The van der Waals surface area contributed by atoms with E-state index in [9.17, 15) is 18.3 Å². The van der Waals surface area contributed by atoms with Crippen LogP contribution in [0.5, 0.6) is 5.88 Å². The van der Waals surface area contributed by atoms with Crippen LogP contribution in [0, 0.1) is 0 Å². The average molecular weight is 465 g/mol. The molecule has 0 saturated heterocycles. The van der Waals surface area contributed by atoms with Gasteiger partial charge in [0.15, 0.2) is 5.69 Å². The maximum Gasteiger partial charge on any atom is 0.285 e. The van der Waals surface area contributed by atoms with Crippen LogP contribution in [0.2, 0.25) is 0 Å². The number of hydrogen-bond donors (Lipinski definition) is 1. The molecule has 0 aliphatic carbocycles. The number of aryl methyl sites for hydroxylation is 1. The van der Waals surface area contributed by atoms with Gasteiger partial charge in [-0.3, -0.25) is 9.10 Å². The molecule has 146 valence electrons. The molecule has 1 heterocycles. The van der Waals surface area contributed by atoms with Crippen LogP contribution in [-0.4, -0.2) is 36.8 Å². The van der Waals surface area contributed by atoms with Crippen molar-refractivity contribution in [2.45, 2.75) is 0 Å². The highest BCUT2D eigenvalue weighted by Crippen LogP contribution is 2.37. The molecule has 8 nitrogen and oxygen atoms in total. The Labute approximate surface area is 170 Å². The van der Waals surface area contributed by atoms with E-state index in [1.54, 1.807) is 49.5 Å². The molecule has 1 aromatic heterocycles. The summed E-state index contributed by atoms with van der Waals surface area (Å²) in [5, 5.41) is 18.4. The Hall–Kier alpha value is -2.72. The highest BCUT2D eigenvalue weighted by atomic mass is 79.9. The number of rotatable bonds is 5. The first kappa shape index (κ1) is 20.0. The number of halogens is 1. The summed E-state index contributed by atoms with van der Waals surface area (Å²) in [5.41, 5.74) is 1.21. The maximum atomic E-state index is 12.3. The molecule has 0 unspecified atom stereocenters. The van der Waals surface area contributed by atoms with E-state index in [1.165, 1.54) is 4.57 Å². The number of fused-ring (bicyclic) bond motifs is 1. The third-order valence-corrected chi connectivity index (χ3v) is 5.72. The van der Waals surface area contributed by atoms with Crippen molar-refractivity contribution in [3.05, 3.63) is 53.0 Å². The molecular weight excluding hydrogens is 448 g/mol. The quantitative estimate of drug-likeness (QED) is 0.580. The lowest BCUT2D eigenvalue weighted by Gasteiger charge is -2.20. The van der Waals surface area contributed by atoms with Crippen LogP contribution < -0.4 is 4.31 Å². The number of azo groups is 1. The molecular formula is C18H17BrN4O4S. The van der Waals surface area contributed by atoms with Crippen molar-refractivity contribution in [2.24, 2.45) is 17.3 Å². The zero-order valence-corrected chi connectivity index (χ0v) is 17.5. The predicted molar refractivity (Wildman–Crippen MR) is 110 cm³/mol. The minimum Gasteiger partial charge on any atom is -0.493 e. The lowest BCUT2D eigenvalue weighted by molar-refractivity contribution is -0.116. The standard InChI is InChI=1S/C18H17BrN4O4S/c1-22-15-9-4-3-8-14(15)17(18(22)25)21-20-16(24)11-23(28(2,26)27)13-7-5-6-12(19)10-13/h3-10,25H,11H2,1-2H3. The molecule has 2 aromatic carbocycles. The van der Waals surface area contributed by atoms with Gasteiger partial charge in [0, 0.05) is 16.9 Å². The Morgan fingerprint density at radius 3 is 2.61 bits per heavy atom. The van der Waals surface area contributed by atoms with Gasteiger partial charge in [0.1, 0.15) is 6.54 Å². The molecule has 0 fully saturated rings. The number of sulfonamides is 1. The third kappa shape index (κ3) is 4.07. The number of amides is 1. The Morgan fingerprint density at radius 2 is 1.93 bits per heavy atom. The Morgan fingerprint density at radius 1 is 1.21 bits per heavy atom. The minimum absolute atomic E-state index is 0.135. The zero-order chi connectivity index (χ0) is 20.5. The smallest absolute Gasteiger partial charge is 0.285 e. The van der Waals surface area contributed by atoms with Gasteiger partial charge in [-0.2, -0.15) is 0 Å². The summed E-state index contributed by atoms with van der Waals surface area (Å²) in [5.74, 6) is -0.901. The van der Waals surface area contributed by atoms with Crippen LogP contribution >= 0.6 is 15.9 Å². The molecule has 28 heavy (non-hydrogen) atoms. The summed E-state index contributed by atoms with van der Waals surface area (Å²) in [6.07, 6.45) is 1.01. The van der Waals surface area contributed by atoms with Gasteiger partial charge in [0.25, 0.3) is 5.91 Å². The van der Waals surface area contributed by atoms with Gasteiger partial charge in [-0.05, 0) is 24.3 Å². The molecule has 1 N–H and O–H groups in total. The summed E-state index contributed by atoms with van der Waals surface area (Å²) < 4.78 is 27.4. The fourth-order valence-electron chi connectivity index (χ4n) is 2.75. The van der Waals surface area contributed by atoms with Crippen LogP contribution in [0.25, 0.3) is 10.9 Å². The number of aromatic nitrogens is 1. The first-order valence-corrected chi connectivity index (χ1v) is 10.8. The Bertz CT molecular complexity index is 1190. The monoisotopic (exact) mass is 464 g/mol. The fourth-order valence-corrected chi connectivity index (χ4v) is 3.98. The van der Waals surface area contributed by atoms with E-state index in [0.29, 0.717) is 15.5 Å². The molecule has 0 aliphatic rings. The zero-order valence-electron chi connectivity index (χ0n) is 15.1. The van der Waals surface area contributed by atoms with Crippen molar-refractivity contribution in [2.75, 3.05) is 17.1 Å². The number of hydrogen-bond acceptors (Lipinski definition) is 5. The summed E-state index contributed by atoms with van der Waals surface area (Å²) in [6.45, 7) is -0.510. The van der Waals surface area contributed by atoms with Gasteiger partial charge in [-0.15, -0.1) is 10.2 Å². The van der Waals surface area contributed by atoms with Crippen molar-refractivity contribution in [3.63, 3.8) is 0 Å². The molecule has 0 saturated carbocycles. The van der Waals surface area contributed by atoms with E-state index in [1.807, 2.05) is 6.07 Å². The van der Waals surface area contributed by atoms with Crippen LogP contribution in [0.4, 0.5) is 11.4 Å². The largest absolute Gasteiger partial charge is 0.493 e. The summed E-state index contributed by atoms with van der Waals surface area (Å²) in [4.78, 5) is 12.3. The Kier molecular flexibility index (Phi) is 5.52. The minimum atomic E-state index is -3.71. The van der Waals surface area contributed by atoms with Gasteiger partial charge in [-0.25, -0.2) is 8.42 Å². The van der Waals surface area contributed by atoms with Crippen molar-refractivity contribution >= 4 is 54.1 Å². The number of carbonyl (C=O) groups excluding carboxylic acids is 1. The van der Waals surface area contributed by atoms with E-state index < -0.39 is 22.5 Å². The first-order valence-electron chi connectivity index (χ1n) is 8.12. The molecule has 0 spiro atoms. The van der Waals surface area contributed by atoms with Crippen molar-refractivity contribution in [1.29, 1.82) is 0 Å². The van der Waals surface area contributed by atoms with Gasteiger partial charge in [0.2, 0.25) is 15.9 Å². The topological polar surface area (TPSA) is 104 Å². The summed E-state index contributed by atoms with van der Waals surface area (Å²) in [7, 11) is -2.05. The lowest BCUT2D eigenvalue weighted by atomic mass is 10.2. The second kappa shape index (κ2) is 7.72. The van der Waals surface area contributed by atoms with E-state index in [4.69, 9.17) is 0 Å². The average Bonchev–Trinajstić information content (AvgIpc) is 2.88. The van der Waals surface area contributed by atoms with Crippen molar-refractivity contribution in [1.82, 2.24) is 4.57 Å². The Balaban J connectivity index is 1.89.